The Morgan fingerprint density at radius 2 is 0.792 bits per heavy atom. The molecule has 258 valence electrons. The van der Waals surface area contributed by atoms with Crippen LogP contribution in [0.15, 0.2) is 173 Å². The zero-order valence-electron chi connectivity index (χ0n) is 27.8. The maximum Gasteiger partial charge on any atom is 0.311 e. The minimum Gasteiger partial charge on any atom is -0.456 e. The number of benzene rings is 9. The molecule has 0 amide bonds. The van der Waals surface area contributed by atoms with Crippen molar-refractivity contribution >= 4 is 75.3 Å². The standard InChI is InChI=1S/C46H27F5OS/c47-53(48,49,50,51)46-36-21-10-8-19-34(36)44(35-20-9-11-22-37(35)46)39-23-12-24-40-45(39)38-26-25-29(27-41(38)52-40)43-32-17-6-4-15-30(32)42(28-13-2-1-3-14-28)31-16-5-7-18-33(31)43/h1-27H. The summed E-state index contributed by atoms with van der Waals surface area (Å²) in [5, 5.41) is 4.97. The maximum atomic E-state index is 14.8. The van der Waals surface area contributed by atoms with E-state index in [4.69, 9.17) is 4.42 Å². The Morgan fingerprint density at radius 3 is 1.30 bits per heavy atom. The van der Waals surface area contributed by atoms with Crippen LogP contribution in [0.1, 0.15) is 0 Å². The lowest BCUT2D eigenvalue weighted by Crippen LogP contribution is -2.08. The van der Waals surface area contributed by atoms with Crippen molar-refractivity contribution in [1.29, 1.82) is 0 Å². The van der Waals surface area contributed by atoms with E-state index < -0.39 is 25.9 Å². The average Bonchev–Trinajstić information content (AvgIpc) is 3.53. The van der Waals surface area contributed by atoms with Gasteiger partial charge < -0.3 is 4.42 Å². The highest BCUT2D eigenvalue weighted by molar-refractivity contribution is 8.46. The Morgan fingerprint density at radius 1 is 0.340 bits per heavy atom. The summed E-state index contributed by atoms with van der Waals surface area (Å²) in [7, 11) is -10.1. The summed E-state index contributed by atoms with van der Waals surface area (Å²) in [6, 6.07) is 49.7. The monoisotopic (exact) mass is 722 g/mol. The minimum absolute atomic E-state index is 0.0874. The zero-order valence-corrected chi connectivity index (χ0v) is 28.6. The minimum atomic E-state index is -10.1. The molecule has 0 spiro atoms. The molecule has 0 radical (unpaired) electrons. The average molecular weight is 723 g/mol. The quantitative estimate of drug-likeness (QED) is 0.130. The predicted molar refractivity (Wildman–Crippen MR) is 211 cm³/mol. The molecule has 1 heterocycles. The van der Waals surface area contributed by atoms with E-state index in [9.17, 15) is 19.4 Å². The molecule has 0 aliphatic carbocycles. The van der Waals surface area contributed by atoms with Crippen LogP contribution in [0.3, 0.4) is 0 Å². The third-order valence-corrected chi connectivity index (χ3v) is 11.5. The number of furan rings is 1. The smallest absolute Gasteiger partial charge is 0.311 e. The molecule has 0 aliphatic rings. The summed E-state index contributed by atoms with van der Waals surface area (Å²) < 4.78 is 80.6. The van der Waals surface area contributed by atoms with E-state index in [0.29, 0.717) is 27.7 Å². The number of hydrogen-bond donors (Lipinski definition) is 0. The number of fused-ring (bicyclic) bond motifs is 7. The van der Waals surface area contributed by atoms with Crippen molar-refractivity contribution in [2.24, 2.45) is 0 Å². The van der Waals surface area contributed by atoms with E-state index in [2.05, 4.69) is 54.6 Å². The highest BCUT2D eigenvalue weighted by Gasteiger charge is 2.67. The van der Waals surface area contributed by atoms with Crippen LogP contribution < -0.4 is 0 Å². The van der Waals surface area contributed by atoms with Gasteiger partial charge in [0.15, 0.2) is 0 Å². The summed E-state index contributed by atoms with van der Waals surface area (Å²) in [6.45, 7) is 0. The Kier molecular flexibility index (Phi) is 6.22. The molecule has 0 N–H and O–H groups in total. The normalized spacial score (nSPS) is 13.7. The highest BCUT2D eigenvalue weighted by atomic mass is 32.5. The molecule has 0 fully saturated rings. The molecule has 10 aromatic rings. The number of hydrogen-bond acceptors (Lipinski definition) is 1. The van der Waals surface area contributed by atoms with E-state index in [1.165, 1.54) is 24.3 Å². The summed E-state index contributed by atoms with van der Waals surface area (Å²) in [6.07, 6.45) is 0. The van der Waals surface area contributed by atoms with Gasteiger partial charge in [0.1, 0.15) is 16.1 Å². The molecule has 1 nitrogen and oxygen atoms in total. The van der Waals surface area contributed by atoms with Crippen LogP contribution >= 0.6 is 10.2 Å². The van der Waals surface area contributed by atoms with Crippen molar-refractivity contribution in [1.82, 2.24) is 0 Å². The van der Waals surface area contributed by atoms with Crippen molar-refractivity contribution in [3.8, 4) is 33.4 Å². The van der Waals surface area contributed by atoms with Gasteiger partial charge in [-0.25, -0.2) is 0 Å². The molecule has 53 heavy (non-hydrogen) atoms. The molecule has 0 bridgehead atoms. The fourth-order valence-electron chi connectivity index (χ4n) is 8.34. The summed E-state index contributed by atoms with van der Waals surface area (Å²) in [5.74, 6) is 0. The highest BCUT2D eigenvalue weighted by Crippen LogP contribution is 3.03. The number of rotatable bonds is 4. The molecule has 0 unspecified atom stereocenters. The van der Waals surface area contributed by atoms with Crippen LogP contribution in [0.2, 0.25) is 0 Å². The maximum absolute atomic E-state index is 14.8. The van der Waals surface area contributed by atoms with Gasteiger partial charge in [-0.2, -0.15) is 0 Å². The van der Waals surface area contributed by atoms with E-state index in [1.54, 1.807) is 18.2 Å². The molecule has 0 saturated heterocycles. The van der Waals surface area contributed by atoms with Crippen molar-refractivity contribution in [3.05, 3.63) is 164 Å². The summed E-state index contributed by atoms with van der Waals surface area (Å²) in [4.78, 5) is -1.86. The fraction of sp³-hybridized carbons (Fsp3) is 0. The van der Waals surface area contributed by atoms with Crippen LogP contribution in [0.25, 0.3) is 98.4 Å². The van der Waals surface area contributed by atoms with E-state index >= 15 is 0 Å². The molecule has 0 atom stereocenters. The van der Waals surface area contributed by atoms with Gasteiger partial charge in [-0.3, -0.25) is 0 Å². The molecular formula is C46H27F5OS. The van der Waals surface area contributed by atoms with Gasteiger partial charge in [-0.05, 0) is 83.9 Å². The largest absolute Gasteiger partial charge is 0.456 e. The second-order valence-electron chi connectivity index (χ2n) is 13.5. The van der Waals surface area contributed by atoms with Crippen LogP contribution in [0.4, 0.5) is 19.4 Å². The second-order valence-corrected chi connectivity index (χ2v) is 15.8. The van der Waals surface area contributed by atoms with Crippen molar-refractivity contribution in [3.63, 3.8) is 0 Å². The van der Waals surface area contributed by atoms with Crippen LogP contribution in [0.5, 0.6) is 0 Å². The predicted octanol–water partition coefficient (Wildman–Crippen LogP) is 15.9. The topological polar surface area (TPSA) is 13.1 Å². The number of halogens is 5. The van der Waals surface area contributed by atoms with Crippen LogP contribution in [-0.4, -0.2) is 0 Å². The third-order valence-electron chi connectivity index (χ3n) is 10.3. The van der Waals surface area contributed by atoms with Crippen LogP contribution in [0, 0.1) is 0 Å². The Labute approximate surface area is 300 Å². The van der Waals surface area contributed by atoms with Crippen molar-refractivity contribution < 1.29 is 23.8 Å². The van der Waals surface area contributed by atoms with Gasteiger partial charge in [0.05, 0.1) is 0 Å². The molecule has 7 heteroatoms. The Hall–Kier alpha value is -6.18. The Bertz CT molecular complexity index is 3040. The summed E-state index contributed by atoms with van der Waals surface area (Å²) >= 11 is 0. The first-order valence-electron chi connectivity index (χ1n) is 17.1. The van der Waals surface area contributed by atoms with Gasteiger partial charge in [0, 0.05) is 21.5 Å². The van der Waals surface area contributed by atoms with E-state index in [1.807, 2.05) is 54.6 Å². The lowest BCUT2D eigenvalue weighted by Gasteiger charge is -2.42. The van der Waals surface area contributed by atoms with E-state index in [0.717, 1.165) is 61.3 Å². The Balaban J connectivity index is 1.26. The van der Waals surface area contributed by atoms with Gasteiger partial charge in [0.2, 0.25) is 0 Å². The van der Waals surface area contributed by atoms with Crippen molar-refractivity contribution in [2.75, 3.05) is 0 Å². The fourth-order valence-corrected chi connectivity index (χ4v) is 9.53. The third kappa shape index (κ3) is 4.84. The van der Waals surface area contributed by atoms with E-state index in [-0.39, 0.29) is 10.8 Å². The molecule has 0 aliphatic heterocycles. The molecule has 0 saturated carbocycles. The van der Waals surface area contributed by atoms with Crippen molar-refractivity contribution in [2.45, 2.75) is 4.90 Å². The first kappa shape index (κ1) is 31.5. The first-order valence-corrected chi connectivity index (χ1v) is 19.0. The molecule has 9 aromatic carbocycles. The lowest BCUT2D eigenvalue weighted by molar-refractivity contribution is 0.367. The van der Waals surface area contributed by atoms with Gasteiger partial charge in [-0.1, -0.05) is 165 Å². The zero-order chi connectivity index (χ0) is 36.2. The van der Waals surface area contributed by atoms with Gasteiger partial charge >= 0.3 is 10.2 Å². The molecule has 10 rings (SSSR count). The lowest BCUT2D eigenvalue weighted by atomic mass is 9.85. The second kappa shape index (κ2) is 10.5. The van der Waals surface area contributed by atoms with Crippen LogP contribution in [-0.2, 0) is 0 Å². The SMILES string of the molecule is FS(F)(F)(F)(F)c1c2ccccc2c(-c2cccc3oc4cc(-c5c6ccccc6c(-c6ccccc6)c6ccccc56)ccc4c23)c2ccccc12. The first-order chi connectivity index (χ1) is 25.5. The van der Waals surface area contributed by atoms with Gasteiger partial charge in [-0.15, -0.1) is 0 Å². The van der Waals surface area contributed by atoms with Gasteiger partial charge in [0.25, 0.3) is 0 Å². The molecule has 1 aromatic heterocycles. The summed E-state index contributed by atoms with van der Waals surface area (Å²) in [5.41, 5.74) is 6.46. The molecular weight excluding hydrogens is 696 g/mol.